The Bertz CT molecular complexity index is 130. The molecule has 0 amide bonds. The van der Waals surface area contributed by atoms with Crippen LogP contribution in [0.1, 0.15) is 40.0 Å². The van der Waals surface area contributed by atoms with Crippen molar-refractivity contribution in [2.75, 3.05) is 0 Å². The molecule has 0 bridgehead atoms. The third-order valence-electron chi connectivity index (χ3n) is 3.15. The molecule has 1 nitrogen and oxygen atoms in total. The zero-order chi connectivity index (χ0) is 8.48. The minimum absolute atomic E-state index is 0.0170. The number of aliphatic hydroxyl groups is 1. The van der Waals surface area contributed by atoms with Gasteiger partial charge in [0.2, 0.25) is 0 Å². The van der Waals surface area contributed by atoms with Gasteiger partial charge in [0.05, 0.1) is 5.60 Å². The molecule has 1 fully saturated rings. The van der Waals surface area contributed by atoms with Crippen molar-refractivity contribution in [3.63, 3.8) is 0 Å². The van der Waals surface area contributed by atoms with Crippen molar-refractivity contribution >= 4 is 9.52 Å². The van der Waals surface area contributed by atoms with Crippen LogP contribution in [0.3, 0.4) is 0 Å². The van der Waals surface area contributed by atoms with Gasteiger partial charge in [-0.25, -0.2) is 0 Å². The molecule has 66 valence electrons. The first kappa shape index (κ1) is 9.27. The van der Waals surface area contributed by atoms with E-state index < -0.39 is 0 Å². The van der Waals surface area contributed by atoms with Gasteiger partial charge in [-0.2, -0.15) is 0 Å². The van der Waals surface area contributed by atoms with Gasteiger partial charge in [0.1, 0.15) is 0 Å². The highest BCUT2D eigenvalue weighted by molar-refractivity contribution is 6.41. The molecular formula is C9H20OSi. The molecule has 2 atom stereocenters. The van der Waals surface area contributed by atoms with Crippen LogP contribution in [0.5, 0.6) is 0 Å². The van der Waals surface area contributed by atoms with E-state index in [4.69, 9.17) is 0 Å². The van der Waals surface area contributed by atoms with E-state index in [0.717, 1.165) is 17.5 Å². The molecule has 0 spiro atoms. The maximum Gasteiger partial charge on any atom is 0.0621 e. The zero-order valence-electron chi connectivity index (χ0n) is 7.93. The van der Waals surface area contributed by atoms with Gasteiger partial charge in [0.25, 0.3) is 0 Å². The first-order valence-corrected chi connectivity index (χ1v) is 6.45. The smallest absolute Gasteiger partial charge is 0.0621 e. The Labute approximate surface area is 72.0 Å². The summed E-state index contributed by atoms with van der Waals surface area (Å²) in [5.74, 6) is 0. The first-order valence-electron chi connectivity index (χ1n) is 4.82. The number of hydrogen-bond acceptors (Lipinski definition) is 1. The topological polar surface area (TPSA) is 20.2 Å². The largest absolute Gasteiger partial charge is 0.390 e. The highest BCUT2D eigenvalue weighted by Crippen LogP contribution is 2.50. The van der Waals surface area contributed by atoms with Crippen LogP contribution in [-0.2, 0) is 0 Å². The SMILES string of the molecule is CCC(CC)[SiH2]C1CC1(C)O. The van der Waals surface area contributed by atoms with E-state index in [1.54, 1.807) is 0 Å². The molecule has 0 aromatic heterocycles. The highest BCUT2D eigenvalue weighted by atomic mass is 28.2. The van der Waals surface area contributed by atoms with Crippen molar-refractivity contribution in [1.29, 1.82) is 0 Å². The van der Waals surface area contributed by atoms with Crippen molar-refractivity contribution < 1.29 is 5.11 Å². The predicted octanol–water partition coefficient (Wildman–Crippen LogP) is 1.71. The lowest BCUT2D eigenvalue weighted by Gasteiger charge is -2.11. The second-order valence-electron chi connectivity index (χ2n) is 4.18. The average Bonchev–Trinajstić information content (AvgIpc) is 2.54. The van der Waals surface area contributed by atoms with Crippen LogP contribution < -0.4 is 0 Å². The highest BCUT2D eigenvalue weighted by Gasteiger charge is 2.48. The van der Waals surface area contributed by atoms with Gasteiger partial charge in [-0.3, -0.25) is 0 Å². The molecule has 1 saturated carbocycles. The van der Waals surface area contributed by atoms with E-state index in [0.29, 0.717) is 0 Å². The van der Waals surface area contributed by atoms with Crippen molar-refractivity contribution in [1.82, 2.24) is 0 Å². The molecule has 2 unspecified atom stereocenters. The summed E-state index contributed by atoms with van der Waals surface area (Å²) in [4.78, 5) is 0. The van der Waals surface area contributed by atoms with E-state index in [1.165, 1.54) is 12.8 Å². The summed E-state index contributed by atoms with van der Waals surface area (Å²) in [6.45, 7) is 6.55. The van der Waals surface area contributed by atoms with E-state index in [-0.39, 0.29) is 15.1 Å². The normalized spacial score (nSPS) is 37.4. The molecule has 1 aliphatic carbocycles. The molecule has 0 radical (unpaired) electrons. The Balaban J connectivity index is 2.21. The molecule has 0 aromatic rings. The van der Waals surface area contributed by atoms with E-state index in [2.05, 4.69) is 13.8 Å². The predicted molar refractivity (Wildman–Crippen MR) is 51.9 cm³/mol. The monoisotopic (exact) mass is 172 g/mol. The molecule has 2 heteroatoms. The summed E-state index contributed by atoms with van der Waals surface area (Å²) in [5.41, 5.74) is 1.48. The van der Waals surface area contributed by atoms with E-state index in [1.807, 2.05) is 6.92 Å². The quantitative estimate of drug-likeness (QED) is 0.640. The Morgan fingerprint density at radius 3 is 2.27 bits per heavy atom. The second-order valence-corrected chi connectivity index (χ2v) is 6.79. The third kappa shape index (κ3) is 2.31. The fourth-order valence-electron chi connectivity index (χ4n) is 1.80. The van der Waals surface area contributed by atoms with Crippen LogP contribution in [0, 0.1) is 0 Å². The van der Waals surface area contributed by atoms with Crippen molar-refractivity contribution in [3.8, 4) is 0 Å². The molecule has 0 aromatic carbocycles. The summed E-state index contributed by atoms with van der Waals surface area (Å²) in [7, 11) is 0.0170. The van der Waals surface area contributed by atoms with Gasteiger partial charge in [-0.05, 0) is 18.9 Å². The van der Waals surface area contributed by atoms with Gasteiger partial charge in [-0.1, -0.05) is 32.2 Å². The maximum absolute atomic E-state index is 9.57. The first-order chi connectivity index (χ1) is 5.10. The minimum Gasteiger partial charge on any atom is -0.390 e. The summed E-state index contributed by atoms with van der Waals surface area (Å²) >= 11 is 0. The van der Waals surface area contributed by atoms with Crippen LogP contribution in [0.2, 0.25) is 11.1 Å². The van der Waals surface area contributed by atoms with Crippen LogP contribution in [0.15, 0.2) is 0 Å². The molecule has 1 rings (SSSR count). The Morgan fingerprint density at radius 1 is 1.55 bits per heavy atom. The fraction of sp³-hybridized carbons (Fsp3) is 1.00. The minimum atomic E-state index is -0.241. The van der Waals surface area contributed by atoms with Crippen molar-refractivity contribution in [2.24, 2.45) is 0 Å². The zero-order valence-corrected chi connectivity index (χ0v) is 9.34. The summed E-state index contributed by atoms with van der Waals surface area (Å²) < 4.78 is 0. The second kappa shape index (κ2) is 3.28. The third-order valence-corrected chi connectivity index (χ3v) is 6.71. The lowest BCUT2D eigenvalue weighted by Crippen LogP contribution is -2.09. The molecule has 11 heavy (non-hydrogen) atoms. The van der Waals surface area contributed by atoms with Crippen molar-refractivity contribution in [3.05, 3.63) is 0 Å². The fourth-order valence-corrected chi connectivity index (χ4v) is 4.53. The molecule has 0 aliphatic heterocycles. The van der Waals surface area contributed by atoms with Gasteiger partial charge in [0.15, 0.2) is 0 Å². The summed E-state index contributed by atoms with van der Waals surface area (Å²) in [6.07, 6.45) is 3.75. The number of rotatable bonds is 4. The van der Waals surface area contributed by atoms with Gasteiger partial charge >= 0.3 is 0 Å². The van der Waals surface area contributed by atoms with E-state index in [9.17, 15) is 5.11 Å². The Hall–Kier alpha value is 0.177. The van der Waals surface area contributed by atoms with Crippen molar-refractivity contribution in [2.45, 2.75) is 56.7 Å². The van der Waals surface area contributed by atoms with Crippen LogP contribution in [0.25, 0.3) is 0 Å². The van der Waals surface area contributed by atoms with E-state index >= 15 is 0 Å². The summed E-state index contributed by atoms with van der Waals surface area (Å²) in [5, 5.41) is 9.57. The van der Waals surface area contributed by atoms with Gasteiger partial charge in [-0.15, -0.1) is 0 Å². The molecule has 0 heterocycles. The molecule has 1 aliphatic rings. The number of hydrogen-bond donors (Lipinski definition) is 1. The summed E-state index contributed by atoms with van der Waals surface area (Å²) in [6, 6.07) is 0. The molecule has 0 saturated heterocycles. The maximum atomic E-state index is 9.57. The average molecular weight is 172 g/mol. The van der Waals surface area contributed by atoms with Gasteiger partial charge < -0.3 is 5.11 Å². The lowest BCUT2D eigenvalue weighted by atomic mass is 10.3. The Kier molecular flexibility index (Phi) is 2.76. The molecule has 1 N–H and O–H groups in total. The van der Waals surface area contributed by atoms with Crippen LogP contribution in [0.4, 0.5) is 0 Å². The van der Waals surface area contributed by atoms with Crippen LogP contribution >= 0.6 is 0 Å². The standard InChI is InChI=1S/C9H20OSi/c1-4-7(5-2)11-8-6-9(8,3)10/h7-8,10H,4-6,11H2,1-3H3. The lowest BCUT2D eigenvalue weighted by molar-refractivity contribution is 0.171. The van der Waals surface area contributed by atoms with Gasteiger partial charge in [0, 0.05) is 9.52 Å². The Morgan fingerprint density at radius 2 is 2.00 bits per heavy atom. The molecular weight excluding hydrogens is 152 g/mol. The van der Waals surface area contributed by atoms with Crippen LogP contribution in [-0.4, -0.2) is 20.2 Å².